The van der Waals surface area contributed by atoms with Gasteiger partial charge in [-0.25, -0.2) is 8.78 Å². The number of aliphatic hydroxyl groups is 1. The molecule has 0 radical (unpaired) electrons. The standard InChI is InChI=1S/C23H19ClF2N2O/c1-28-13-19(18-8-7-16(24)11-20(18)26)21(23(29)15-5-3-9-27-12-15)22(28)14-4-2-6-17(25)10-14/h2-12,19,23,29H,13H2,1H3. The molecular formula is C23H19ClF2N2O. The molecule has 2 atom stereocenters. The monoisotopic (exact) mass is 412 g/mol. The molecule has 0 fully saturated rings. The highest BCUT2D eigenvalue weighted by Crippen LogP contribution is 2.46. The molecule has 0 bridgehead atoms. The molecule has 2 unspecified atom stereocenters. The molecule has 148 valence electrons. The number of benzene rings is 2. The van der Waals surface area contributed by atoms with Gasteiger partial charge in [-0.15, -0.1) is 0 Å². The summed E-state index contributed by atoms with van der Waals surface area (Å²) in [6, 6.07) is 14.2. The molecule has 2 heterocycles. The van der Waals surface area contributed by atoms with Crippen molar-refractivity contribution in [3.8, 4) is 0 Å². The summed E-state index contributed by atoms with van der Waals surface area (Å²) >= 11 is 5.93. The van der Waals surface area contributed by atoms with E-state index in [4.69, 9.17) is 11.6 Å². The number of aliphatic hydroxyl groups excluding tert-OH is 1. The van der Waals surface area contributed by atoms with Crippen LogP contribution in [0.1, 0.15) is 28.7 Å². The minimum Gasteiger partial charge on any atom is -0.384 e. The highest BCUT2D eigenvalue weighted by Gasteiger charge is 2.37. The minimum absolute atomic E-state index is 0.307. The Morgan fingerprint density at radius 2 is 1.97 bits per heavy atom. The van der Waals surface area contributed by atoms with Crippen LogP contribution in [-0.4, -0.2) is 28.6 Å². The van der Waals surface area contributed by atoms with Gasteiger partial charge in [0.2, 0.25) is 0 Å². The summed E-state index contributed by atoms with van der Waals surface area (Å²) in [6.45, 7) is 0.442. The number of aromatic nitrogens is 1. The molecule has 0 spiro atoms. The van der Waals surface area contributed by atoms with Crippen molar-refractivity contribution in [1.29, 1.82) is 0 Å². The maximum Gasteiger partial charge on any atom is 0.128 e. The molecule has 2 aromatic carbocycles. The lowest BCUT2D eigenvalue weighted by molar-refractivity contribution is 0.209. The third-order valence-electron chi connectivity index (χ3n) is 5.22. The number of hydrogen-bond donors (Lipinski definition) is 1. The van der Waals surface area contributed by atoms with Gasteiger partial charge in [0.05, 0.1) is 0 Å². The summed E-state index contributed by atoms with van der Waals surface area (Å²) in [5.74, 6) is -1.24. The van der Waals surface area contributed by atoms with Crippen LogP contribution in [0, 0.1) is 11.6 Å². The van der Waals surface area contributed by atoms with Gasteiger partial charge in [-0.2, -0.15) is 0 Å². The van der Waals surface area contributed by atoms with E-state index in [1.54, 1.807) is 48.8 Å². The van der Waals surface area contributed by atoms with Crippen LogP contribution in [0.25, 0.3) is 5.70 Å². The van der Waals surface area contributed by atoms with Crippen molar-refractivity contribution in [3.63, 3.8) is 0 Å². The van der Waals surface area contributed by atoms with E-state index in [2.05, 4.69) is 4.98 Å². The van der Waals surface area contributed by atoms with Gasteiger partial charge in [0, 0.05) is 53.8 Å². The Morgan fingerprint density at radius 3 is 2.66 bits per heavy atom. The van der Waals surface area contributed by atoms with E-state index in [0.717, 1.165) is 0 Å². The maximum absolute atomic E-state index is 14.8. The van der Waals surface area contributed by atoms with Gasteiger partial charge in [-0.3, -0.25) is 4.98 Å². The second kappa shape index (κ2) is 7.93. The Kier molecular flexibility index (Phi) is 5.35. The zero-order chi connectivity index (χ0) is 20.5. The largest absolute Gasteiger partial charge is 0.384 e. The summed E-state index contributed by atoms with van der Waals surface area (Å²) in [5, 5.41) is 11.6. The second-order valence-electron chi connectivity index (χ2n) is 7.10. The van der Waals surface area contributed by atoms with E-state index in [9.17, 15) is 13.9 Å². The Hall–Kier alpha value is -2.76. The second-order valence-corrected chi connectivity index (χ2v) is 7.54. The Morgan fingerprint density at radius 1 is 1.14 bits per heavy atom. The quantitative estimate of drug-likeness (QED) is 0.640. The first kappa shape index (κ1) is 19.6. The van der Waals surface area contributed by atoms with Gasteiger partial charge in [0.15, 0.2) is 0 Å². The van der Waals surface area contributed by atoms with E-state index in [1.165, 1.54) is 18.2 Å². The molecule has 0 aliphatic carbocycles. The fraction of sp³-hybridized carbons (Fsp3) is 0.174. The smallest absolute Gasteiger partial charge is 0.128 e. The average Bonchev–Trinajstić information content (AvgIpc) is 3.05. The first-order chi connectivity index (χ1) is 14.0. The van der Waals surface area contributed by atoms with Crippen molar-refractivity contribution >= 4 is 17.3 Å². The highest BCUT2D eigenvalue weighted by molar-refractivity contribution is 6.30. The summed E-state index contributed by atoms with van der Waals surface area (Å²) in [5.41, 5.74) is 2.94. The third kappa shape index (κ3) is 3.76. The van der Waals surface area contributed by atoms with Crippen molar-refractivity contribution in [2.45, 2.75) is 12.0 Å². The lowest BCUT2D eigenvalue weighted by atomic mass is 9.85. The van der Waals surface area contributed by atoms with Crippen LogP contribution in [0.5, 0.6) is 0 Å². The molecule has 29 heavy (non-hydrogen) atoms. The minimum atomic E-state index is -1.02. The van der Waals surface area contributed by atoms with Crippen LogP contribution in [0.4, 0.5) is 8.78 Å². The predicted octanol–water partition coefficient (Wildman–Crippen LogP) is 5.19. The van der Waals surface area contributed by atoms with Gasteiger partial charge in [0.1, 0.15) is 17.7 Å². The number of hydrogen-bond acceptors (Lipinski definition) is 3. The van der Waals surface area contributed by atoms with Crippen LogP contribution in [-0.2, 0) is 0 Å². The first-order valence-electron chi connectivity index (χ1n) is 9.19. The average molecular weight is 413 g/mol. The summed E-state index contributed by atoms with van der Waals surface area (Å²) in [7, 11) is 1.85. The van der Waals surface area contributed by atoms with Crippen molar-refractivity contribution in [2.75, 3.05) is 13.6 Å². The molecule has 3 aromatic rings. The summed E-state index contributed by atoms with van der Waals surface area (Å²) < 4.78 is 28.7. The van der Waals surface area contributed by atoms with Gasteiger partial charge in [-0.05, 0) is 41.5 Å². The van der Waals surface area contributed by atoms with Crippen LogP contribution in [0.2, 0.25) is 5.02 Å². The van der Waals surface area contributed by atoms with Crippen molar-refractivity contribution in [2.24, 2.45) is 0 Å². The van der Waals surface area contributed by atoms with Gasteiger partial charge >= 0.3 is 0 Å². The van der Waals surface area contributed by atoms with Crippen molar-refractivity contribution in [1.82, 2.24) is 9.88 Å². The number of pyridine rings is 1. The van der Waals surface area contributed by atoms with Crippen LogP contribution in [0.15, 0.2) is 72.6 Å². The molecule has 1 aromatic heterocycles. The van der Waals surface area contributed by atoms with Crippen LogP contribution < -0.4 is 0 Å². The first-order valence-corrected chi connectivity index (χ1v) is 9.57. The van der Waals surface area contributed by atoms with E-state index in [1.807, 2.05) is 11.9 Å². The number of rotatable bonds is 4. The van der Waals surface area contributed by atoms with Gasteiger partial charge < -0.3 is 10.0 Å². The van der Waals surface area contributed by atoms with E-state index >= 15 is 0 Å². The Labute approximate surface area is 172 Å². The van der Waals surface area contributed by atoms with E-state index in [0.29, 0.717) is 39.5 Å². The highest BCUT2D eigenvalue weighted by atomic mass is 35.5. The summed E-state index contributed by atoms with van der Waals surface area (Å²) in [4.78, 5) is 6.01. The normalized spacial score (nSPS) is 17.7. The van der Waals surface area contributed by atoms with Gasteiger partial charge in [-0.1, -0.05) is 35.9 Å². The number of likely N-dealkylation sites (N-methyl/N-ethyl adjacent to an activating group) is 1. The Bertz CT molecular complexity index is 1070. The van der Waals surface area contributed by atoms with E-state index in [-0.39, 0.29) is 5.82 Å². The van der Waals surface area contributed by atoms with Crippen LogP contribution in [0.3, 0.4) is 0 Å². The van der Waals surface area contributed by atoms with E-state index < -0.39 is 17.8 Å². The molecule has 1 N–H and O–H groups in total. The maximum atomic E-state index is 14.8. The molecule has 1 aliphatic rings. The predicted molar refractivity (Wildman–Crippen MR) is 109 cm³/mol. The van der Waals surface area contributed by atoms with Crippen molar-refractivity contribution < 1.29 is 13.9 Å². The lowest BCUT2D eigenvalue weighted by Gasteiger charge is -2.21. The summed E-state index contributed by atoms with van der Waals surface area (Å²) in [6.07, 6.45) is 2.18. The number of halogens is 3. The molecule has 6 heteroatoms. The molecule has 4 rings (SSSR count). The zero-order valence-corrected chi connectivity index (χ0v) is 16.4. The molecule has 0 saturated heterocycles. The SMILES string of the molecule is CN1CC(c2ccc(Cl)cc2F)C(C(O)c2cccnc2)=C1c1cccc(F)c1. The van der Waals surface area contributed by atoms with Gasteiger partial charge in [0.25, 0.3) is 0 Å². The molecule has 0 amide bonds. The molecular weight excluding hydrogens is 394 g/mol. The lowest BCUT2D eigenvalue weighted by Crippen LogP contribution is -2.16. The third-order valence-corrected chi connectivity index (χ3v) is 5.45. The molecule has 1 aliphatic heterocycles. The van der Waals surface area contributed by atoms with Crippen molar-refractivity contribution in [3.05, 3.63) is 106 Å². The van der Waals surface area contributed by atoms with Crippen LogP contribution >= 0.6 is 11.6 Å². The molecule has 0 saturated carbocycles. The fourth-order valence-corrected chi connectivity index (χ4v) is 4.12. The zero-order valence-electron chi connectivity index (χ0n) is 15.7. The topological polar surface area (TPSA) is 36.4 Å². The Balaban J connectivity index is 1.92. The number of nitrogens with zero attached hydrogens (tertiary/aromatic N) is 2. The molecule has 3 nitrogen and oxygen atoms in total. The fourth-order valence-electron chi connectivity index (χ4n) is 3.96.